The Labute approximate surface area is 82.3 Å². The molecular formula is C8H15N3O3. The van der Waals surface area contributed by atoms with Crippen molar-refractivity contribution < 1.29 is 14.7 Å². The average molecular weight is 201 g/mol. The lowest BCUT2D eigenvalue weighted by atomic mass is 10.2. The summed E-state index contributed by atoms with van der Waals surface area (Å²) in [4.78, 5) is 13.2. The standard InChI is InChI=1S/C8H15N3O3/c1-6-5-11(2-3-14-6)8(12)4-7(9)10-13/h6,13H,2-5H2,1H3,(H2,9,10)/t6-/m1/s1. The molecule has 80 valence electrons. The van der Waals surface area contributed by atoms with Crippen molar-refractivity contribution >= 4 is 11.7 Å². The van der Waals surface area contributed by atoms with Crippen LogP contribution in [0.3, 0.4) is 0 Å². The molecule has 14 heavy (non-hydrogen) atoms. The molecule has 0 bridgehead atoms. The van der Waals surface area contributed by atoms with E-state index in [4.69, 9.17) is 15.7 Å². The number of ether oxygens (including phenoxy) is 1. The maximum Gasteiger partial charge on any atom is 0.230 e. The molecule has 0 aromatic carbocycles. The molecule has 1 atom stereocenters. The van der Waals surface area contributed by atoms with Crippen molar-refractivity contribution in [1.29, 1.82) is 0 Å². The van der Waals surface area contributed by atoms with Gasteiger partial charge in [-0.05, 0) is 6.92 Å². The Morgan fingerprint density at radius 1 is 1.79 bits per heavy atom. The van der Waals surface area contributed by atoms with Crippen LogP contribution in [0, 0.1) is 0 Å². The molecule has 1 saturated heterocycles. The van der Waals surface area contributed by atoms with Gasteiger partial charge >= 0.3 is 0 Å². The molecule has 1 rings (SSSR count). The Hall–Kier alpha value is -1.30. The van der Waals surface area contributed by atoms with Gasteiger partial charge < -0.3 is 20.6 Å². The molecular weight excluding hydrogens is 186 g/mol. The SMILES string of the molecule is C[C@@H]1CN(C(=O)C/C(N)=N\O)CCO1. The summed E-state index contributed by atoms with van der Waals surface area (Å²) in [6.45, 7) is 3.59. The van der Waals surface area contributed by atoms with E-state index >= 15 is 0 Å². The molecule has 0 aromatic heterocycles. The highest BCUT2D eigenvalue weighted by molar-refractivity contribution is 5.98. The molecule has 3 N–H and O–H groups in total. The molecule has 1 heterocycles. The predicted molar refractivity (Wildman–Crippen MR) is 50.0 cm³/mol. The number of morpholine rings is 1. The van der Waals surface area contributed by atoms with E-state index in [0.717, 1.165) is 0 Å². The molecule has 6 nitrogen and oxygen atoms in total. The Bertz CT molecular complexity index is 242. The van der Waals surface area contributed by atoms with Gasteiger partial charge in [0, 0.05) is 13.1 Å². The Kier molecular flexibility index (Phi) is 3.70. The van der Waals surface area contributed by atoms with Gasteiger partial charge in [0.25, 0.3) is 0 Å². The van der Waals surface area contributed by atoms with Crippen LogP contribution in [0.1, 0.15) is 13.3 Å². The summed E-state index contributed by atoms with van der Waals surface area (Å²) in [7, 11) is 0. The fraction of sp³-hybridized carbons (Fsp3) is 0.750. The predicted octanol–water partition coefficient (Wildman–Crippen LogP) is -0.630. The number of nitrogens with zero attached hydrogens (tertiary/aromatic N) is 2. The zero-order valence-corrected chi connectivity index (χ0v) is 8.14. The van der Waals surface area contributed by atoms with Crippen LogP contribution in [0.25, 0.3) is 0 Å². The minimum atomic E-state index is -0.129. The van der Waals surface area contributed by atoms with Gasteiger partial charge in [-0.1, -0.05) is 5.16 Å². The van der Waals surface area contributed by atoms with Crippen molar-refractivity contribution in [3.05, 3.63) is 0 Å². The van der Waals surface area contributed by atoms with Crippen molar-refractivity contribution in [2.75, 3.05) is 19.7 Å². The van der Waals surface area contributed by atoms with E-state index in [9.17, 15) is 4.79 Å². The van der Waals surface area contributed by atoms with E-state index in [1.54, 1.807) is 4.90 Å². The van der Waals surface area contributed by atoms with E-state index < -0.39 is 0 Å². The zero-order chi connectivity index (χ0) is 10.6. The van der Waals surface area contributed by atoms with E-state index in [1.165, 1.54) is 0 Å². The molecule has 0 aliphatic carbocycles. The number of hydrogen-bond donors (Lipinski definition) is 2. The van der Waals surface area contributed by atoms with Gasteiger partial charge in [0.2, 0.25) is 5.91 Å². The van der Waals surface area contributed by atoms with Crippen molar-refractivity contribution in [3.63, 3.8) is 0 Å². The van der Waals surface area contributed by atoms with Gasteiger partial charge in [-0.2, -0.15) is 0 Å². The lowest BCUT2D eigenvalue weighted by molar-refractivity contribution is -0.136. The molecule has 1 aliphatic heterocycles. The van der Waals surface area contributed by atoms with Crippen LogP contribution < -0.4 is 5.73 Å². The maximum atomic E-state index is 11.5. The summed E-state index contributed by atoms with van der Waals surface area (Å²) >= 11 is 0. The second kappa shape index (κ2) is 4.80. The largest absolute Gasteiger partial charge is 0.409 e. The third kappa shape index (κ3) is 2.88. The topological polar surface area (TPSA) is 88.2 Å². The molecule has 1 aliphatic rings. The number of carbonyl (C=O) groups is 1. The number of rotatable bonds is 2. The minimum Gasteiger partial charge on any atom is -0.409 e. The van der Waals surface area contributed by atoms with Crippen LogP contribution >= 0.6 is 0 Å². The summed E-state index contributed by atoms with van der Waals surface area (Å²) in [5, 5.41) is 11.1. The fourth-order valence-corrected chi connectivity index (χ4v) is 1.35. The number of carbonyl (C=O) groups excluding carboxylic acids is 1. The van der Waals surface area contributed by atoms with Gasteiger partial charge in [0.05, 0.1) is 19.1 Å². The lowest BCUT2D eigenvalue weighted by Gasteiger charge is -2.31. The summed E-state index contributed by atoms with van der Waals surface area (Å²) in [5.41, 5.74) is 5.24. The van der Waals surface area contributed by atoms with E-state index in [-0.39, 0.29) is 24.3 Å². The Balaban J connectivity index is 2.44. The molecule has 0 spiro atoms. The smallest absolute Gasteiger partial charge is 0.230 e. The molecule has 0 saturated carbocycles. The monoisotopic (exact) mass is 201 g/mol. The Morgan fingerprint density at radius 3 is 3.07 bits per heavy atom. The first kappa shape index (κ1) is 10.8. The van der Waals surface area contributed by atoms with Crippen molar-refractivity contribution in [1.82, 2.24) is 4.90 Å². The van der Waals surface area contributed by atoms with Crippen molar-refractivity contribution in [2.24, 2.45) is 10.9 Å². The van der Waals surface area contributed by atoms with Gasteiger partial charge in [0.15, 0.2) is 0 Å². The van der Waals surface area contributed by atoms with E-state index in [1.807, 2.05) is 6.92 Å². The fourth-order valence-electron chi connectivity index (χ4n) is 1.35. The number of hydrogen-bond acceptors (Lipinski definition) is 4. The molecule has 0 radical (unpaired) electrons. The van der Waals surface area contributed by atoms with Crippen LogP contribution in [-0.4, -0.2) is 47.7 Å². The van der Waals surface area contributed by atoms with Gasteiger partial charge in [0.1, 0.15) is 5.84 Å². The van der Waals surface area contributed by atoms with Crippen LogP contribution in [0.15, 0.2) is 5.16 Å². The molecule has 0 aromatic rings. The molecule has 1 amide bonds. The third-order valence-electron chi connectivity index (χ3n) is 2.05. The molecule has 6 heteroatoms. The average Bonchev–Trinajstić information content (AvgIpc) is 2.17. The summed E-state index contributed by atoms with van der Waals surface area (Å²) in [6.07, 6.45) is 0.0171. The lowest BCUT2D eigenvalue weighted by Crippen LogP contribution is -2.45. The first-order valence-electron chi connectivity index (χ1n) is 4.49. The van der Waals surface area contributed by atoms with Gasteiger partial charge in [-0.15, -0.1) is 0 Å². The third-order valence-corrected chi connectivity index (χ3v) is 2.05. The number of nitrogens with two attached hydrogens (primary N) is 1. The first-order chi connectivity index (χ1) is 6.63. The quantitative estimate of drug-likeness (QED) is 0.269. The van der Waals surface area contributed by atoms with Gasteiger partial charge in [-0.25, -0.2) is 0 Å². The van der Waals surface area contributed by atoms with Crippen LogP contribution in [0.2, 0.25) is 0 Å². The van der Waals surface area contributed by atoms with E-state index in [2.05, 4.69) is 5.16 Å². The highest BCUT2D eigenvalue weighted by atomic mass is 16.5. The first-order valence-corrected chi connectivity index (χ1v) is 4.49. The highest BCUT2D eigenvalue weighted by Gasteiger charge is 2.21. The zero-order valence-electron chi connectivity index (χ0n) is 8.14. The number of amidine groups is 1. The minimum absolute atomic E-state index is 0.0385. The van der Waals surface area contributed by atoms with E-state index in [0.29, 0.717) is 19.7 Å². The number of amides is 1. The van der Waals surface area contributed by atoms with Crippen molar-refractivity contribution in [3.8, 4) is 0 Å². The number of oxime groups is 1. The molecule has 1 fully saturated rings. The second-order valence-corrected chi connectivity index (χ2v) is 3.29. The Morgan fingerprint density at radius 2 is 2.50 bits per heavy atom. The summed E-state index contributed by atoms with van der Waals surface area (Å²) in [5.74, 6) is -0.190. The second-order valence-electron chi connectivity index (χ2n) is 3.29. The molecule has 0 unspecified atom stereocenters. The van der Waals surface area contributed by atoms with Crippen LogP contribution in [0.5, 0.6) is 0 Å². The normalized spacial score (nSPS) is 23.6. The summed E-state index contributed by atoms with van der Waals surface area (Å²) in [6, 6.07) is 0. The van der Waals surface area contributed by atoms with Crippen LogP contribution in [0.4, 0.5) is 0 Å². The maximum absolute atomic E-state index is 11.5. The van der Waals surface area contributed by atoms with Gasteiger partial charge in [-0.3, -0.25) is 4.79 Å². The van der Waals surface area contributed by atoms with Crippen molar-refractivity contribution in [2.45, 2.75) is 19.4 Å². The summed E-state index contributed by atoms with van der Waals surface area (Å²) < 4.78 is 5.28. The highest BCUT2D eigenvalue weighted by Crippen LogP contribution is 2.05. The van der Waals surface area contributed by atoms with Crippen LogP contribution in [-0.2, 0) is 9.53 Å².